The molecule has 13 nitrogen and oxygen atoms in total. The number of benzene rings is 1. The first-order valence-electron chi connectivity index (χ1n) is 19.0. The fourth-order valence-electron chi connectivity index (χ4n) is 6.56. The van der Waals surface area contributed by atoms with Gasteiger partial charge in [0, 0.05) is 20.0 Å². The van der Waals surface area contributed by atoms with Gasteiger partial charge in [0.25, 0.3) is 5.60 Å². The van der Waals surface area contributed by atoms with Crippen molar-refractivity contribution in [3.05, 3.63) is 35.9 Å². The number of carbonyl (C=O) groups excluding carboxylic acids is 4. The molecule has 2 aliphatic rings. The van der Waals surface area contributed by atoms with Crippen molar-refractivity contribution < 1.29 is 62.2 Å². The fraction of sp³-hybridized carbons (Fsp3) is 0.756. The number of rotatable bonds is 16. The minimum atomic E-state index is -3.35. The maximum atomic E-state index is 15.0. The quantitative estimate of drug-likeness (QED) is 0.0867. The van der Waals surface area contributed by atoms with Gasteiger partial charge in [0.2, 0.25) is 17.5 Å². The van der Waals surface area contributed by atoms with Gasteiger partial charge < -0.3 is 43.0 Å². The molecule has 54 heavy (non-hydrogen) atoms. The van der Waals surface area contributed by atoms with E-state index in [9.17, 15) is 24.3 Å². The molecule has 0 saturated carbocycles. The number of carbonyl (C=O) groups is 4. The third-order valence-electron chi connectivity index (χ3n) is 8.94. The van der Waals surface area contributed by atoms with E-state index in [-0.39, 0.29) is 12.8 Å². The summed E-state index contributed by atoms with van der Waals surface area (Å²) in [7, 11) is 1.39. The first-order valence-corrected chi connectivity index (χ1v) is 19.0. The molecule has 2 saturated heterocycles. The third-order valence-corrected chi connectivity index (χ3v) is 8.94. The van der Waals surface area contributed by atoms with Crippen LogP contribution in [-0.2, 0) is 63.5 Å². The first kappa shape index (κ1) is 45.3. The number of fused-ring (bicyclic) bond motifs is 2. The van der Waals surface area contributed by atoms with Gasteiger partial charge in [-0.05, 0) is 107 Å². The third kappa shape index (κ3) is 10.6. The highest BCUT2D eigenvalue weighted by Crippen LogP contribution is 2.58. The van der Waals surface area contributed by atoms with Gasteiger partial charge in [-0.25, -0.2) is 14.4 Å². The second-order valence-electron chi connectivity index (χ2n) is 17.7. The summed E-state index contributed by atoms with van der Waals surface area (Å²) in [5.74, 6) is -8.28. The van der Waals surface area contributed by atoms with E-state index in [2.05, 4.69) is 12.1 Å². The Morgan fingerprint density at radius 1 is 0.759 bits per heavy atom. The summed E-state index contributed by atoms with van der Waals surface area (Å²) in [5.41, 5.74) is -8.74. The van der Waals surface area contributed by atoms with Crippen LogP contribution >= 0.6 is 0 Å². The number of aliphatic hydroxyl groups is 1. The summed E-state index contributed by atoms with van der Waals surface area (Å²) >= 11 is 0. The predicted molar refractivity (Wildman–Crippen MR) is 198 cm³/mol. The SMILES string of the molecule is CCCC(=O)O[C@@H]1[C@@H](OC(C)(C)OC)[C@]2(CCCCCCc3ccccc3)O[C@H](C(=O)OC(C)(C)C)[C@@](O)(C(=O)OC(C)(C)C)[C@@]1(C(=O)OC(C)(C)C)O2. The zero-order valence-electron chi connectivity index (χ0n) is 34.6. The Labute approximate surface area is 321 Å². The van der Waals surface area contributed by atoms with E-state index in [0.29, 0.717) is 19.3 Å². The summed E-state index contributed by atoms with van der Waals surface area (Å²) in [6.45, 7) is 19.1. The highest BCUT2D eigenvalue weighted by Gasteiger charge is 2.87. The largest absolute Gasteiger partial charge is 0.458 e. The highest BCUT2D eigenvalue weighted by atomic mass is 16.8. The first-order chi connectivity index (χ1) is 24.8. The molecule has 13 heteroatoms. The molecule has 306 valence electrons. The van der Waals surface area contributed by atoms with Crippen LogP contribution in [0.25, 0.3) is 0 Å². The van der Waals surface area contributed by atoms with E-state index in [4.69, 9.17) is 37.9 Å². The van der Waals surface area contributed by atoms with Crippen molar-refractivity contribution in [3.63, 3.8) is 0 Å². The molecule has 2 aliphatic heterocycles. The fourth-order valence-corrected chi connectivity index (χ4v) is 6.56. The van der Waals surface area contributed by atoms with Gasteiger partial charge in [-0.3, -0.25) is 4.79 Å². The van der Waals surface area contributed by atoms with Gasteiger partial charge in [-0.1, -0.05) is 50.1 Å². The van der Waals surface area contributed by atoms with E-state index in [0.717, 1.165) is 19.3 Å². The van der Waals surface area contributed by atoms with Crippen LogP contribution in [0.4, 0.5) is 0 Å². The van der Waals surface area contributed by atoms with Crippen molar-refractivity contribution >= 4 is 23.9 Å². The molecular formula is C41H64O13. The molecule has 0 aromatic heterocycles. The molecule has 2 fully saturated rings. The molecule has 0 aliphatic carbocycles. The lowest BCUT2D eigenvalue weighted by atomic mass is 9.74. The summed E-state index contributed by atoms with van der Waals surface area (Å²) in [5, 5.41) is 13.1. The topological polar surface area (TPSA) is 162 Å². The number of aryl methyl sites for hydroxylation is 1. The van der Waals surface area contributed by atoms with Gasteiger partial charge in [-0.2, -0.15) is 0 Å². The Balaban J connectivity index is 2.33. The molecule has 0 radical (unpaired) electrons. The maximum absolute atomic E-state index is 15.0. The van der Waals surface area contributed by atoms with E-state index in [1.165, 1.54) is 12.7 Å². The Hall–Kier alpha value is -3.10. The average molecular weight is 765 g/mol. The lowest BCUT2D eigenvalue weighted by molar-refractivity contribution is -0.388. The minimum absolute atomic E-state index is 0.0289. The monoisotopic (exact) mass is 764 g/mol. The van der Waals surface area contributed by atoms with Crippen LogP contribution < -0.4 is 0 Å². The zero-order chi connectivity index (χ0) is 41.0. The molecule has 2 bridgehead atoms. The van der Waals surface area contributed by atoms with E-state index < -0.39 is 81.8 Å². The molecule has 1 aromatic rings. The molecule has 0 spiro atoms. The van der Waals surface area contributed by atoms with Crippen LogP contribution in [0.2, 0.25) is 0 Å². The molecule has 2 heterocycles. The van der Waals surface area contributed by atoms with E-state index in [1.54, 1.807) is 83.1 Å². The van der Waals surface area contributed by atoms with Gasteiger partial charge >= 0.3 is 23.9 Å². The smallest absolute Gasteiger partial charge is 0.347 e. The van der Waals surface area contributed by atoms with Crippen LogP contribution in [0.5, 0.6) is 0 Å². The number of hydrogen-bond donors (Lipinski definition) is 1. The van der Waals surface area contributed by atoms with Crippen LogP contribution in [-0.4, -0.2) is 94.0 Å². The second-order valence-corrected chi connectivity index (χ2v) is 17.7. The van der Waals surface area contributed by atoms with Crippen LogP contribution in [0.15, 0.2) is 30.3 Å². The van der Waals surface area contributed by atoms with Crippen molar-refractivity contribution in [2.75, 3.05) is 7.11 Å². The predicted octanol–water partition coefficient (Wildman–Crippen LogP) is 6.28. The van der Waals surface area contributed by atoms with Crippen molar-refractivity contribution in [3.8, 4) is 0 Å². The molecule has 3 rings (SSSR count). The molecule has 1 N–H and O–H groups in total. The Bertz CT molecular complexity index is 1450. The molecule has 6 atom stereocenters. The summed E-state index contributed by atoms with van der Waals surface area (Å²) < 4.78 is 48.9. The molecule has 0 amide bonds. The number of ether oxygens (including phenoxy) is 8. The van der Waals surface area contributed by atoms with Gasteiger partial charge in [-0.15, -0.1) is 0 Å². The Kier molecular flexibility index (Phi) is 14.2. The van der Waals surface area contributed by atoms with Gasteiger partial charge in [0.1, 0.15) is 16.8 Å². The van der Waals surface area contributed by atoms with Crippen molar-refractivity contribution in [2.24, 2.45) is 0 Å². The lowest BCUT2D eigenvalue weighted by Crippen LogP contribution is -2.79. The van der Waals surface area contributed by atoms with Crippen molar-refractivity contribution in [1.82, 2.24) is 0 Å². The summed E-state index contributed by atoms with van der Waals surface area (Å²) in [6.07, 6.45) is -1.88. The second kappa shape index (κ2) is 17.0. The minimum Gasteiger partial charge on any atom is -0.458 e. The zero-order valence-corrected chi connectivity index (χ0v) is 34.6. The Morgan fingerprint density at radius 2 is 1.31 bits per heavy atom. The van der Waals surface area contributed by atoms with Crippen LogP contribution in [0.1, 0.15) is 134 Å². The molecular weight excluding hydrogens is 700 g/mol. The standard InChI is InChI=1S/C41H64O13/c1-14-22-28(42)48-30-29(49-38(11,12)47-13)39(26-21-16-15-18-23-27-24-19-17-20-25-27)50-31(32(43)51-35(2,3)4)40(46,33(44)52-36(5,6)7)41(30,54-39)34(45)53-37(8,9)10/h17,19-20,24-25,29-31,46H,14-16,18,21-23,26H2,1-13H3/t29-,30-,31-,39-,40-,41-/m1/s1. The van der Waals surface area contributed by atoms with Crippen molar-refractivity contribution in [1.29, 1.82) is 0 Å². The van der Waals surface area contributed by atoms with E-state index >= 15 is 0 Å². The van der Waals surface area contributed by atoms with Gasteiger partial charge in [0.05, 0.1) is 0 Å². The number of methoxy groups -OCH3 is 1. The van der Waals surface area contributed by atoms with Gasteiger partial charge in [0.15, 0.2) is 18.0 Å². The number of hydrogen-bond acceptors (Lipinski definition) is 13. The summed E-state index contributed by atoms with van der Waals surface area (Å²) in [6, 6.07) is 10.1. The maximum Gasteiger partial charge on any atom is 0.347 e. The normalized spacial score (nSPS) is 27.3. The van der Waals surface area contributed by atoms with Crippen molar-refractivity contribution in [2.45, 2.75) is 192 Å². The highest BCUT2D eigenvalue weighted by molar-refractivity contribution is 6.00. The Morgan fingerprint density at radius 3 is 1.85 bits per heavy atom. The van der Waals surface area contributed by atoms with E-state index in [1.807, 2.05) is 18.2 Å². The summed E-state index contributed by atoms with van der Waals surface area (Å²) in [4.78, 5) is 57.4. The molecule has 0 unspecified atom stereocenters. The molecule has 1 aromatic carbocycles. The number of esters is 4. The lowest BCUT2D eigenvalue weighted by Gasteiger charge is -2.51. The van der Waals surface area contributed by atoms with Crippen LogP contribution in [0, 0.1) is 0 Å². The van der Waals surface area contributed by atoms with Crippen LogP contribution in [0.3, 0.4) is 0 Å². The average Bonchev–Trinajstić information content (AvgIpc) is 3.25. The number of unbranched alkanes of at least 4 members (excludes halogenated alkanes) is 3.